The summed E-state index contributed by atoms with van der Waals surface area (Å²) in [6.45, 7) is 7.02. The van der Waals surface area contributed by atoms with E-state index < -0.39 is 0 Å². The van der Waals surface area contributed by atoms with Crippen LogP contribution in [0.1, 0.15) is 19.4 Å². The Morgan fingerprint density at radius 3 is 2.29 bits per heavy atom. The number of benzene rings is 4. The van der Waals surface area contributed by atoms with E-state index >= 15 is 0 Å². The Bertz CT molecular complexity index is 1620. The van der Waals surface area contributed by atoms with Gasteiger partial charge in [-0.3, -0.25) is 4.79 Å². The van der Waals surface area contributed by atoms with E-state index in [0.717, 1.165) is 33.9 Å². The molecule has 0 aliphatic rings. The van der Waals surface area contributed by atoms with Gasteiger partial charge in [0.05, 0.1) is 5.25 Å². The third-order valence-electron chi connectivity index (χ3n) is 6.44. The van der Waals surface area contributed by atoms with Gasteiger partial charge in [-0.15, -0.1) is 11.8 Å². The zero-order valence-electron chi connectivity index (χ0n) is 21.6. The van der Waals surface area contributed by atoms with Gasteiger partial charge in [0.25, 0.3) is 0 Å². The van der Waals surface area contributed by atoms with Crippen molar-refractivity contribution in [2.75, 3.05) is 16.0 Å². The van der Waals surface area contributed by atoms with Crippen molar-refractivity contribution >= 4 is 73.9 Å². The fourth-order valence-corrected chi connectivity index (χ4v) is 5.71. The average Bonchev–Trinajstić information content (AvgIpc) is 3.23. The molecule has 192 valence electrons. The second-order valence-electron chi connectivity index (χ2n) is 9.22. The molecule has 7 heteroatoms. The summed E-state index contributed by atoms with van der Waals surface area (Å²) >= 11 is 6.99. The molecule has 5 rings (SSSR count). The Kier molecular flexibility index (Phi) is 7.67. The smallest absolute Gasteiger partial charge is 0.237 e. The van der Waals surface area contributed by atoms with E-state index in [1.54, 1.807) is 0 Å². The maximum absolute atomic E-state index is 13.1. The molecule has 0 radical (unpaired) electrons. The minimum Gasteiger partial charge on any atom is -0.341 e. The van der Waals surface area contributed by atoms with Crippen LogP contribution in [0, 0.1) is 6.92 Å². The number of nitrogens with one attached hydrogen (secondary N) is 3. The lowest BCUT2D eigenvalue weighted by molar-refractivity contribution is -0.115. The SMILES string of the molecule is CCn1c2ccccc2c2cc(NC(=O)C(C)Sc3cccc(NC(=S)Nc4ccc(C)cc4)c3)ccc21. The maximum atomic E-state index is 13.1. The van der Waals surface area contributed by atoms with Gasteiger partial charge in [0.1, 0.15) is 0 Å². The number of nitrogens with zero attached hydrogens (tertiary/aromatic N) is 1. The van der Waals surface area contributed by atoms with Gasteiger partial charge < -0.3 is 20.5 Å². The van der Waals surface area contributed by atoms with Crippen molar-refractivity contribution in [1.82, 2.24) is 4.57 Å². The summed E-state index contributed by atoms with van der Waals surface area (Å²) in [6, 6.07) is 30.5. The van der Waals surface area contributed by atoms with Crippen molar-refractivity contribution in [3.63, 3.8) is 0 Å². The van der Waals surface area contributed by atoms with Gasteiger partial charge in [-0.1, -0.05) is 42.0 Å². The quantitative estimate of drug-likeness (QED) is 0.145. The maximum Gasteiger partial charge on any atom is 0.237 e. The molecule has 1 unspecified atom stereocenters. The number of thioether (sulfide) groups is 1. The van der Waals surface area contributed by atoms with Crippen LogP contribution in [0.5, 0.6) is 0 Å². The van der Waals surface area contributed by atoms with Crippen LogP contribution in [0.2, 0.25) is 0 Å². The first kappa shape index (κ1) is 25.8. The molecular formula is C31H30N4OS2. The molecule has 0 aliphatic carbocycles. The van der Waals surface area contributed by atoms with E-state index in [-0.39, 0.29) is 11.2 Å². The summed E-state index contributed by atoms with van der Waals surface area (Å²) < 4.78 is 2.30. The molecule has 0 bridgehead atoms. The van der Waals surface area contributed by atoms with E-state index in [2.05, 4.69) is 70.8 Å². The van der Waals surface area contributed by atoms with Gasteiger partial charge in [0, 0.05) is 50.3 Å². The summed E-state index contributed by atoms with van der Waals surface area (Å²) in [7, 11) is 0. The Morgan fingerprint density at radius 1 is 0.816 bits per heavy atom. The summed E-state index contributed by atoms with van der Waals surface area (Å²) in [6.07, 6.45) is 0. The van der Waals surface area contributed by atoms with Crippen molar-refractivity contribution in [2.45, 2.75) is 37.5 Å². The van der Waals surface area contributed by atoms with Crippen LogP contribution in [-0.4, -0.2) is 20.8 Å². The minimum absolute atomic E-state index is 0.0384. The van der Waals surface area contributed by atoms with E-state index in [4.69, 9.17) is 12.2 Å². The number of fused-ring (bicyclic) bond motifs is 3. The van der Waals surface area contributed by atoms with Crippen LogP contribution in [-0.2, 0) is 11.3 Å². The Hall–Kier alpha value is -3.81. The van der Waals surface area contributed by atoms with Crippen molar-refractivity contribution in [1.29, 1.82) is 0 Å². The lowest BCUT2D eigenvalue weighted by Gasteiger charge is -2.14. The topological polar surface area (TPSA) is 58.1 Å². The molecule has 1 atom stereocenters. The zero-order valence-corrected chi connectivity index (χ0v) is 23.2. The Balaban J connectivity index is 1.24. The second-order valence-corrected chi connectivity index (χ2v) is 11.0. The highest BCUT2D eigenvalue weighted by Crippen LogP contribution is 2.32. The zero-order chi connectivity index (χ0) is 26.6. The number of carbonyl (C=O) groups is 1. The molecular weight excluding hydrogens is 509 g/mol. The van der Waals surface area contributed by atoms with Crippen LogP contribution in [0.25, 0.3) is 21.8 Å². The fourth-order valence-electron chi connectivity index (χ4n) is 4.55. The van der Waals surface area contributed by atoms with Crippen LogP contribution < -0.4 is 16.0 Å². The number of anilines is 3. The summed E-state index contributed by atoms with van der Waals surface area (Å²) in [5, 5.41) is 12.1. The minimum atomic E-state index is -0.282. The molecule has 0 aliphatic heterocycles. The normalized spacial score (nSPS) is 11.9. The van der Waals surface area contributed by atoms with Gasteiger partial charge in [0.15, 0.2) is 5.11 Å². The second kappa shape index (κ2) is 11.3. The third-order valence-corrected chi connectivity index (χ3v) is 7.74. The van der Waals surface area contributed by atoms with E-state index in [0.29, 0.717) is 5.11 Å². The largest absolute Gasteiger partial charge is 0.341 e. The molecule has 0 spiro atoms. The molecule has 1 heterocycles. The summed E-state index contributed by atoms with van der Waals surface area (Å²) in [4.78, 5) is 14.1. The summed E-state index contributed by atoms with van der Waals surface area (Å²) in [5.41, 5.74) is 6.18. The molecule has 0 saturated heterocycles. The van der Waals surface area contributed by atoms with E-state index in [9.17, 15) is 4.79 Å². The van der Waals surface area contributed by atoms with Crippen LogP contribution in [0.3, 0.4) is 0 Å². The number of aromatic nitrogens is 1. The number of rotatable bonds is 7. The first-order valence-electron chi connectivity index (χ1n) is 12.6. The Labute approximate surface area is 232 Å². The molecule has 1 aromatic heterocycles. The van der Waals surface area contributed by atoms with Crippen LogP contribution in [0.15, 0.2) is 95.9 Å². The van der Waals surface area contributed by atoms with E-state index in [1.165, 1.54) is 33.7 Å². The summed E-state index contributed by atoms with van der Waals surface area (Å²) in [5.74, 6) is -0.0384. The van der Waals surface area contributed by atoms with Crippen molar-refractivity contribution in [3.8, 4) is 0 Å². The standard InChI is InChI=1S/C31H30N4OS2/c1-4-35-28-11-6-5-10-26(28)27-19-24(16-17-29(27)35)32-30(36)21(3)38-25-9-7-8-23(18-25)34-31(37)33-22-14-12-20(2)13-15-22/h5-19,21H,4H2,1-3H3,(H,32,36)(H2,33,34,37). The highest BCUT2D eigenvalue weighted by molar-refractivity contribution is 8.00. The third kappa shape index (κ3) is 5.69. The number of thiocarbonyl (C=S) groups is 1. The Morgan fingerprint density at radius 2 is 1.50 bits per heavy atom. The number of aryl methyl sites for hydroxylation is 2. The average molecular weight is 539 g/mol. The predicted octanol–water partition coefficient (Wildman–Crippen LogP) is 8.05. The first-order chi connectivity index (χ1) is 18.4. The number of amides is 1. The van der Waals surface area contributed by atoms with Crippen molar-refractivity contribution in [2.24, 2.45) is 0 Å². The van der Waals surface area contributed by atoms with Gasteiger partial charge in [-0.25, -0.2) is 0 Å². The highest BCUT2D eigenvalue weighted by Gasteiger charge is 2.16. The van der Waals surface area contributed by atoms with Gasteiger partial charge in [-0.2, -0.15) is 0 Å². The lowest BCUT2D eigenvalue weighted by atomic mass is 10.1. The molecule has 0 fully saturated rings. The van der Waals surface area contributed by atoms with E-state index in [1.807, 2.05) is 61.5 Å². The fraction of sp³-hybridized carbons (Fsp3) is 0.161. The molecule has 0 saturated carbocycles. The molecule has 5 nitrogen and oxygen atoms in total. The predicted molar refractivity (Wildman–Crippen MR) is 167 cm³/mol. The van der Waals surface area contributed by atoms with Gasteiger partial charge in [-0.05, 0) is 87.6 Å². The highest BCUT2D eigenvalue weighted by atomic mass is 32.2. The lowest BCUT2D eigenvalue weighted by Crippen LogP contribution is -2.22. The molecule has 4 aromatic carbocycles. The van der Waals surface area contributed by atoms with Crippen LogP contribution >= 0.6 is 24.0 Å². The molecule has 1 amide bonds. The van der Waals surface area contributed by atoms with Gasteiger partial charge in [0.2, 0.25) is 5.91 Å². The van der Waals surface area contributed by atoms with Crippen molar-refractivity contribution in [3.05, 3.63) is 96.6 Å². The molecule has 38 heavy (non-hydrogen) atoms. The van der Waals surface area contributed by atoms with Crippen molar-refractivity contribution < 1.29 is 4.79 Å². The van der Waals surface area contributed by atoms with Crippen LogP contribution in [0.4, 0.5) is 17.1 Å². The van der Waals surface area contributed by atoms with Gasteiger partial charge >= 0.3 is 0 Å². The molecule has 5 aromatic rings. The number of hydrogen-bond acceptors (Lipinski definition) is 3. The number of carbonyl (C=O) groups excluding carboxylic acids is 1. The monoisotopic (exact) mass is 538 g/mol. The number of hydrogen-bond donors (Lipinski definition) is 3. The molecule has 3 N–H and O–H groups in total. The first-order valence-corrected chi connectivity index (χ1v) is 13.9. The number of para-hydroxylation sites is 1.